The molecule has 1 unspecified atom stereocenters. The van der Waals surface area contributed by atoms with Crippen molar-refractivity contribution in [3.63, 3.8) is 0 Å². The highest BCUT2D eigenvalue weighted by molar-refractivity contribution is 4.65. The molecular formula is C12H28N2. The van der Waals surface area contributed by atoms with Crippen LogP contribution in [0.25, 0.3) is 0 Å². The molecule has 0 aliphatic carbocycles. The van der Waals surface area contributed by atoms with Crippen LogP contribution < -0.4 is 0 Å². The maximum atomic E-state index is 2.48. The third kappa shape index (κ3) is 7.34. The van der Waals surface area contributed by atoms with Crippen molar-refractivity contribution in [2.45, 2.75) is 39.7 Å². The smallest absolute Gasteiger partial charge is 0.00760 e. The molecule has 0 saturated heterocycles. The van der Waals surface area contributed by atoms with Crippen molar-refractivity contribution in [3.8, 4) is 0 Å². The summed E-state index contributed by atoms with van der Waals surface area (Å²) in [6, 6.07) is 0.705. The van der Waals surface area contributed by atoms with Crippen molar-refractivity contribution in [2.24, 2.45) is 5.92 Å². The summed E-state index contributed by atoms with van der Waals surface area (Å²) in [6.45, 7) is 9.32. The number of hydrogen-bond acceptors (Lipinski definition) is 2. The van der Waals surface area contributed by atoms with Gasteiger partial charge in [-0.25, -0.2) is 0 Å². The lowest BCUT2D eigenvalue weighted by Crippen LogP contribution is -2.33. The third-order valence-corrected chi connectivity index (χ3v) is 2.81. The van der Waals surface area contributed by atoms with Gasteiger partial charge < -0.3 is 9.80 Å². The molecule has 0 heterocycles. The van der Waals surface area contributed by atoms with E-state index in [1.165, 1.54) is 25.9 Å². The Morgan fingerprint density at radius 1 is 0.857 bits per heavy atom. The standard InChI is InChI=1S/C12H28N2/c1-11(2)7-10-14(6)12(3)8-9-13(4)5/h11-12H,7-10H2,1-6H3. The zero-order chi connectivity index (χ0) is 11.1. The first kappa shape index (κ1) is 13.9. The van der Waals surface area contributed by atoms with E-state index in [-0.39, 0.29) is 0 Å². The summed E-state index contributed by atoms with van der Waals surface area (Å²) < 4.78 is 0. The molecule has 0 aromatic heterocycles. The van der Waals surface area contributed by atoms with Gasteiger partial charge in [0.25, 0.3) is 0 Å². The van der Waals surface area contributed by atoms with Crippen molar-refractivity contribution in [1.29, 1.82) is 0 Å². The predicted molar refractivity (Wildman–Crippen MR) is 64.7 cm³/mol. The number of nitrogens with zero attached hydrogens (tertiary/aromatic N) is 2. The van der Waals surface area contributed by atoms with Crippen LogP contribution in [0.15, 0.2) is 0 Å². The molecule has 2 heteroatoms. The Bertz CT molecular complexity index is 116. The van der Waals surface area contributed by atoms with Gasteiger partial charge in [0.05, 0.1) is 0 Å². The monoisotopic (exact) mass is 200 g/mol. The van der Waals surface area contributed by atoms with Gasteiger partial charge in [-0.15, -0.1) is 0 Å². The Kier molecular flexibility index (Phi) is 7.20. The topological polar surface area (TPSA) is 6.48 Å². The molecule has 0 spiro atoms. The van der Waals surface area contributed by atoms with Crippen molar-refractivity contribution in [2.75, 3.05) is 34.2 Å². The first-order chi connectivity index (χ1) is 6.43. The fourth-order valence-electron chi connectivity index (χ4n) is 1.35. The quantitative estimate of drug-likeness (QED) is 0.622. The fraction of sp³-hybridized carbons (Fsp3) is 1.00. The second-order valence-electron chi connectivity index (χ2n) is 5.10. The van der Waals surface area contributed by atoms with Crippen LogP contribution in [0.4, 0.5) is 0 Å². The normalized spacial score (nSPS) is 14.4. The van der Waals surface area contributed by atoms with E-state index in [1.807, 2.05) is 0 Å². The molecule has 14 heavy (non-hydrogen) atoms. The summed E-state index contributed by atoms with van der Waals surface area (Å²) in [7, 11) is 6.52. The van der Waals surface area contributed by atoms with E-state index in [9.17, 15) is 0 Å². The first-order valence-electron chi connectivity index (χ1n) is 5.78. The van der Waals surface area contributed by atoms with Gasteiger partial charge in [0.2, 0.25) is 0 Å². The molecule has 1 atom stereocenters. The van der Waals surface area contributed by atoms with Crippen molar-refractivity contribution < 1.29 is 0 Å². The van der Waals surface area contributed by atoms with E-state index in [0.717, 1.165) is 5.92 Å². The summed E-state index contributed by atoms with van der Waals surface area (Å²) in [6.07, 6.45) is 2.57. The van der Waals surface area contributed by atoms with Crippen LogP contribution in [0, 0.1) is 5.92 Å². The van der Waals surface area contributed by atoms with E-state index in [0.29, 0.717) is 6.04 Å². The van der Waals surface area contributed by atoms with Gasteiger partial charge in [0.1, 0.15) is 0 Å². The number of hydrogen-bond donors (Lipinski definition) is 0. The summed E-state index contributed by atoms with van der Waals surface area (Å²) >= 11 is 0. The highest BCUT2D eigenvalue weighted by Gasteiger charge is 2.09. The predicted octanol–water partition coefficient (Wildman–Crippen LogP) is 2.30. The minimum atomic E-state index is 0.705. The van der Waals surface area contributed by atoms with Gasteiger partial charge >= 0.3 is 0 Å². The van der Waals surface area contributed by atoms with Gasteiger partial charge in [-0.3, -0.25) is 0 Å². The van der Waals surface area contributed by atoms with Gasteiger partial charge in [-0.05, 0) is 59.9 Å². The van der Waals surface area contributed by atoms with Crippen LogP contribution in [0.3, 0.4) is 0 Å². The van der Waals surface area contributed by atoms with Gasteiger partial charge in [-0.1, -0.05) is 13.8 Å². The lowest BCUT2D eigenvalue weighted by Gasteiger charge is -2.26. The zero-order valence-corrected chi connectivity index (χ0v) is 10.9. The van der Waals surface area contributed by atoms with Crippen LogP contribution >= 0.6 is 0 Å². The lowest BCUT2D eigenvalue weighted by molar-refractivity contribution is 0.217. The summed E-state index contributed by atoms with van der Waals surface area (Å²) in [5.41, 5.74) is 0. The van der Waals surface area contributed by atoms with Crippen molar-refractivity contribution in [3.05, 3.63) is 0 Å². The van der Waals surface area contributed by atoms with E-state index >= 15 is 0 Å². The Labute approximate surface area is 90.3 Å². The fourth-order valence-corrected chi connectivity index (χ4v) is 1.35. The molecule has 2 nitrogen and oxygen atoms in total. The van der Waals surface area contributed by atoms with E-state index < -0.39 is 0 Å². The maximum Gasteiger partial charge on any atom is 0.00760 e. The molecule has 0 N–H and O–H groups in total. The van der Waals surface area contributed by atoms with Crippen LogP contribution in [-0.2, 0) is 0 Å². The molecule has 0 saturated carbocycles. The van der Waals surface area contributed by atoms with E-state index in [1.54, 1.807) is 0 Å². The summed E-state index contributed by atoms with van der Waals surface area (Å²) in [4.78, 5) is 4.73. The second kappa shape index (κ2) is 7.24. The molecule has 0 aliphatic rings. The van der Waals surface area contributed by atoms with E-state index in [4.69, 9.17) is 0 Å². The largest absolute Gasteiger partial charge is 0.309 e. The molecule has 0 aromatic carbocycles. The van der Waals surface area contributed by atoms with Crippen LogP contribution in [-0.4, -0.2) is 50.1 Å². The summed E-state index contributed by atoms with van der Waals surface area (Å²) in [5.74, 6) is 0.818. The highest BCUT2D eigenvalue weighted by atomic mass is 15.1. The molecular weight excluding hydrogens is 172 g/mol. The Morgan fingerprint density at radius 2 is 1.43 bits per heavy atom. The molecule has 0 aromatic rings. The lowest BCUT2D eigenvalue weighted by atomic mass is 10.1. The van der Waals surface area contributed by atoms with Gasteiger partial charge in [0, 0.05) is 6.04 Å². The van der Waals surface area contributed by atoms with Crippen molar-refractivity contribution >= 4 is 0 Å². The minimum Gasteiger partial charge on any atom is -0.309 e. The third-order valence-electron chi connectivity index (χ3n) is 2.81. The minimum absolute atomic E-state index is 0.705. The average Bonchev–Trinajstić information content (AvgIpc) is 2.09. The zero-order valence-electron chi connectivity index (χ0n) is 10.9. The van der Waals surface area contributed by atoms with Gasteiger partial charge in [-0.2, -0.15) is 0 Å². The van der Waals surface area contributed by atoms with Crippen LogP contribution in [0.1, 0.15) is 33.6 Å². The molecule has 86 valence electrons. The molecule has 0 radical (unpaired) electrons. The second-order valence-corrected chi connectivity index (χ2v) is 5.10. The molecule has 0 aliphatic heterocycles. The maximum absolute atomic E-state index is 2.48. The Morgan fingerprint density at radius 3 is 1.86 bits per heavy atom. The molecule has 0 bridgehead atoms. The highest BCUT2D eigenvalue weighted by Crippen LogP contribution is 2.06. The Balaban J connectivity index is 3.59. The van der Waals surface area contributed by atoms with E-state index in [2.05, 4.69) is 51.7 Å². The van der Waals surface area contributed by atoms with Crippen molar-refractivity contribution in [1.82, 2.24) is 9.80 Å². The van der Waals surface area contributed by atoms with Gasteiger partial charge in [0.15, 0.2) is 0 Å². The summed E-state index contributed by atoms with van der Waals surface area (Å²) in [5, 5.41) is 0. The first-order valence-corrected chi connectivity index (χ1v) is 5.78. The average molecular weight is 200 g/mol. The SMILES string of the molecule is CC(C)CCN(C)C(C)CCN(C)C. The molecule has 0 fully saturated rings. The molecule has 0 amide bonds. The number of rotatable bonds is 7. The van der Waals surface area contributed by atoms with Crippen LogP contribution in [0.5, 0.6) is 0 Å². The Hall–Kier alpha value is -0.0800. The molecule has 0 rings (SSSR count). The van der Waals surface area contributed by atoms with Crippen LogP contribution in [0.2, 0.25) is 0 Å².